The molecule has 2 aromatic rings. The topological polar surface area (TPSA) is 45.5 Å². The zero-order chi connectivity index (χ0) is 17.2. The number of benzene rings is 1. The van der Waals surface area contributed by atoms with Crippen LogP contribution >= 0.6 is 0 Å². The Morgan fingerprint density at radius 3 is 2.72 bits per heavy atom. The van der Waals surface area contributed by atoms with Gasteiger partial charge >= 0.3 is 0 Å². The Kier molecular flexibility index (Phi) is 4.45. The van der Waals surface area contributed by atoms with Crippen molar-refractivity contribution in [2.45, 2.75) is 51.4 Å². The van der Waals surface area contributed by atoms with Gasteiger partial charge in [0.25, 0.3) is 5.91 Å². The fourth-order valence-corrected chi connectivity index (χ4v) is 4.04. The van der Waals surface area contributed by atoms with Crippen LogP contribution in [-0.4, -0.2) is 17.0 Å². The summed E-state index contributed by atoms with van der Waals surface area (Å²) < 4.78 is 5.45. The molecule has 1 N–H and O–H groups in total. The summed E-state index contributed by atoms with van der Waals surface area (Å²) in [6.07, 6.45) is 5.84. The molecule has 0 radical (unpaired) electrons. The molecule has 0 unspecified atom stereocenters. The second-order valence-corrected chi connectivity index (χ2v) is 6.87. The minimum Gasteiger partial charge on any atom is -0.468 e. The van der Waals surface area contributed by atoms with Gasteiger partial charge in [-0.2, -0.15) is 0 Å². The van der Waals surface area contributed by atoms with E-state index in [1.807, 2.05) is 35.2 Å². The van der Waals surface area contributed by atoms with E-state index in [1.54, 1.807) is 6.26 Å². The van der Waals surface area contributed by atoms with Gasteiger partial charge < -0.3 is 9.32 Å². The summed E-state index contributed by atoms with van der Waals surface area (Å²) in [5.74, 6) is 1.09. The highest BCUT2D eigenvalue weighted by Gasteiger charge is 2.41. The van der Waals surface area contributed by atoms with Crippen LogP contribution in [0.25, 0.3) is 0 Å². The number of carbonyl (C=O) groups is 1. The number of furan rings is 1. The molecule has 25 heavy (non-hydrogen) atoms. The fraction of sp³-hybridized carbons (Fsp3) is 0.381. The van der Waals surface area contributed by atoms with Gasteiger partial charge in [0.2, 0.25) is 0 Å². The average molecular weight is 336 g/mol. The highest BCUT2D eigenvalue weighted by molar-refractivity contribution is 5.98. The molecule has 4 rings (SSSR count). The normalized spacial score (nSPS) is 21.6. The Morgan fingerprint density at radius 2 is 1.96 bits per heavy atom. The highest BCUT2D eigenvalue weighted by atomic mass is 16.3. The van der Waals surface area contributed by atoms with E-state index in [-0.39, 0.29) is 18.1 Å². The number of hydrogen-bond acceptors (Lipinski definition) is 3. The zero-order valence-electron chi connectivity index (χ0n) is 14.6. The predicted molar refractivity (Wildman–Crippen MR) is 96.5 cm³/mol. The molecule has 4 nitrogen and oxygen atoms in total. The van der Waals surface area contributed by atoms with Gasteiger partial charge in [-0.15, -0.1) is 0 Å². The molecule has 1 aromatic carbocycles. The molecule has 0 bridgehead atoms. The summed E-state index contributed by atoms with van der Waals surface area (Å²) >= 11 is 0. The smallest absolute Gasteiger partial charge is 0.251 e. The van der Waals surface area contributed by atoms with E-state index in [4.69, 9.17) is 4.42 Å². The fourth-order valence-electron chi connectivity index (χ4n) is 4.04. The lowest BCUT2D eigenvalue weighted by Crippen LogP contribution is -2.46. The molecule has 0 fully saturated rings. The van der Waals surface area contributed by atoms with Crippen LogP contribution < -0.4 is 5.32 Å². The monoisotopic (exact) mass is 336 g/mol. The molecule has 1 aliphatic heterocycles. The first-order chi connectivity index (χ1) is 12.3. The van der Waals surface area contributed by atoms with E-state index in [0.717, 1.165) is 30.6 Å². The van der Waals surface area contributed by atoms with Crippen LogP contribution in [0.15, 0.2) is 64.3 Å². The number of rotatable bonds is 5. The van der Waals surface area contributed by atoms with Crippen molar-refractivity contribution in [1.82, 2.24) is 10.2 Å². The number of carbonyl (C=O) groups excluding carboxylic acids is 1. The summed E-state index contributed by atoms with van der Waals surface area (Å²) in [7, 11) is 0. The third-order valence-corrected chi connectivity index (χ3v) is 5.36. The molecule has 2 aliphatic rings. The van der Waals surface area contributed by atoms with Crippen molar-refractivity contribution < 1.29 is 9.21 Å². The van der Waals surface area contributed by atoms with E-state index < -0.39 is 0 Å². The van der Waals surface area contributed by atoms with Crippen LogP contribution in [0, 0.1) is 0 Å². The molecular weight excluding hydrogens is 312 g/mol. The quantitative estimate of drug-likeness (QED) is 0.891. The van der Waals surface area contributed by atoms with E-state index in [0.29, 0.717) is 6.54 Å². The molecule has 1 aliphatic carbocycles. The molecular formula is C21H24N2O2. The van der Waals surface area contributed by atoms with Crippen LogP contribution in [0.3, 0.4) is 0 Å². The molecule has 1 aromatic heterocycles. The number of nitrogens with zero attached hydrogens (tertiary/aromatic N) is 1. The molecule has 0 saturated carbocycles. The Bertz CT molecular complexity index is 764. The number of nitrogens with one attached hydrogen (secondary N) is 1. The standard InChI is InChI=1S/C21H24N2O2/c1-15(16-8-3-2-4-9-16)23-20(22-14-17-10-7-13-25-17)18-11-5-6-12-19(18)21(23)24/h2-4,7-10,13,15,20,22H,5-6,11-12,14H2,1H3/t15-,20+/m1/s1. The first kappa shape index (κ1) is 16.2. The summed E-state index contributed by atoms with van der Waals surface area (Å²) in [6, 6.07) is 14.2. The van der Waals surface area contributed by atoms with E-state index in [2.05, 4.69) is 24.4 Å². The van der Waals surface area contributed by atoms with Crippen molar-refractivity contribution in [1.29, 1.82) is 0 Å². The lowest BCUT2D eigenvalue weighted by atomic mass is 9.92. The van der Waals surface area contributed by atoms with E-state index >= 15 is 0 Å². The van der Waals surface area contributed by atoms with Gasteiger partial charge in [-0.1, -0.05) is 30.3 Å². The second-order valence-electron chi connectivity index (χ2n) is 6.87. The van der Waals surface area contributed by atoms with Gasteiger partial charge in [0.1, 0.15) is 11.9 Å². The van der Waals surface area contributed by atoms with Crippen LogP contribution in [0.1, 0.15) is 50.0 Å². The third-order valence-electron chi connectivity index (χ3n) is 5.36. The molecule has 130 valence electrons. The van der Waals surface area contributed by atoms with Gasteiger partial charge in [0.05, 0.1) is 18.8 Å². The maximum Gasteiger partial charge on any atom is 0.251 e. The summed E-state index contributed by atoms with van der Waals surface area (Å²) in [4.78, 5) is 15.2. The van der Waals surface area contributed by atoms with Crippen molar-refractivity contribution in [2.75, 3.05) is 0 Å². The third kappa shape index (κ3) is 3.02. The molecule has 0 saturated heterocycles. The Hall–Kier alpha value is -2.33. The van der Waals surface area contributed by atoms with Crippen LogP contribution in [0.5, 0.6) is 0 Å². The highest BCUT2D eigenvalue weighted by Crippen LogP contribution is 2.39. The average Bonchev–Trinajstić information content (AvgIpc) is 3.27. The summed E-state index contributed by atoms with van der Waals surface area (Å²) in [5.41, 5.74) is 3.48. The van der Waals surface area contributed by atoms with Crippen LogP contribution in [0.2, 0.25) is 0 Å². The lowest BCUT2D eigenvalue weighted by molar-refractivity contribution is -0.130. The molecule has 2 heterocycles. The molecule has 0 spiro atoms. The van der Waals surface area contributed by atoms with Crippen LogP contribution in [-0.2, 0) is 11.3 Å². The number of hydrogen-bond donors (Lipinski definition) is 1. The minimum atomic E-state index is -0.0388. The van der Waals surface area contributed by atoms with Crippen LogP contribution in [0.4, 0.5) is 0 Å². The van der Waals surface area contributed by atoms with E-state index in [1.165, 1.54) is 17.6 Å². The van der Waals surface area contributed by atoms with Crippen molar-refractivity contribution in [3.8, 4) is 0 Å². The van der Waals surface area contributed by atoms with Gasteiger partial charge in [0, 0.05) is 5.57 Å². The number of amides is 1. The Balaban J connectivity index is 1.62. The van der Waals surface area contributed by atoms with Gasteiger partial charge in [0.15, 0.2) is 0 Å². The van der Waals surface area contributed by atoms with Gasteiger partial charge in [-0.25, -0.2) is 0 Å². The summed E-state index contributed by atoms with van der Waals surface area (Å²) in [6.45, 7) is 2.74. The minimum absolute atomic E-state index is 0.0356. The maximum absolute atomic E-state index is 13.1. The first-order valence-corrected chi connectivity index (χ1v) is 9.11. The van der Waals surface area contributed by atoms with Crippen molar-refractivity contribution >= 4 is 5.91 Å². The maximum atomic E-state index is 13.1. The SMILES string of the molecule is C[C@H](c1ccccc1)N1C(=O)C2=C(CCCC2)[C@H]1NCc1ccco1. The van der Waals surface area contributed by atoms with Crippen molar-refractivity contribution in [3.05, 3.63) is 71.2 Å². The Labute approximate surface area is 148 Å². The van der Waals surface area contributed by atoms with Crippen molar-refractivity contribution in [2.24, 2.45) is 0 Å². The second kappa shape index (κ2) is 6.89. The zero-order valence-corrected chi connectivity index (χ0v) is 14.6. The molecule has 1 amide bonds. The molecule has 2 atom stereocenters. The summed E-state index contributed by atoms with van der Waals surface area (Å²) in [5, 5.41) is 3.57. The van der Waals surface area contributed by atoms with E-state index in [9.17, 15) is 4.79 Å². The van der Waals surface area contributed by atoms with Gasteiger partial charge in [-0.3, -0.25) is 10.1 Å². The Morgan fingerprint density at radius 1 is 1.16 bits per heavy atom. The largest absolute Gasteiger partial charge is 0.468 e. The van der Waals surface area contributed by atoms with Gasteiger partial charge in [-0.05, 0) is 55.9 Å². The molecule has 4 heteroatoms. The van der Waals surface area contributed by atoms with Crippen molar-refractivity contribution in [3.63, 3.8) is 0 Å². The predicted octanol–water partition coefficient (Wildman–Crippen LogP) is 4.17. The first-order valence-electron chi connectivity index (χ1n) is 9.11. The lowest BCUT2D eigenvalue weighted by Gasteiger charge is -2.33.